The van der Waals surface area contributed by atoms with Crippen LogP contribution in [0.1, 0.15) is 11.1 Å². The number of fused-ring (bicyclic) bond motifs is 1. The van der Waals surface area contributed by atoms with Crippen molar-refractivity contribution in [2.75, 3.05) is 12.4 Å². The molecule has 0 radical (unpaired) electrons. The summed E-state index contributed by atoms with van der Waals surface area (Å²) < 4.78 is 1.83. The molecule has 1 aliphatic heterocycles. The van der Waals surface area contributed by atoms with Crippen LogP contribution >= 0.6 is 0 Å². The maximum Gasteiger partial charge on any atom is 0.328 e. The summed E-state index contributed by atoms with van der Waals surface area (Å²) in [6, 6.07) is 14.8. The molecule has 2 heterocycles. The first-order valence-corrected chi connectivity index (χ1v) is 9.17. The van der Waals surface area contributed by atoms with E-state index in [-0.39, 0.29) is 24.1 Å². The van der Waals surface area contributed by atoms with Gasteiger partial charge >= 0.3 is 6.03 Å². The molecule has 3 aromatic rings. The van der Waals surface area contributed by atoms with Crippen molar-refractivity contribution in [3.05, 3.63) is 71.6 Å². The van der Waals surface area contributed by atoms with Gasteiger partial charge < -0.3 is 15.2 Å². The average Bonchev–Trinajstić information content (AvgIpc) is 3.14. The summed E-state index contributed by atoms with van der Waals surface area (Å²) in [7, 11) is 1.43. The fourth-order valence-corrected chi connectivity index (χ4v) is 3.38. The minimum absolute atomic E-state index is 0.123. The molecule has 1 saturated heterocycles. The van der Waals surface area contributed by atoms with Gasteiger partial charge in [-0.15, -0.1) is 0 Å². The van der Waals surface area contributed by atoms with Crippen LogP contribution < -0.4 is 10.6 Å². The molecule has 1 aliphatic rings. The number of nitrogens with zero attached hydrogens (tertiary/aromatic N) is 2. The monoisotopic (exact) mass is 388 g/mol. The van der Waals surface area contributed by atoms with E-state index in [0.717, 1.165) is 32.6 Å². The predicted molar refractivity (Wildman–Crippen MR) is 111 cm³/mol. The van der Waals surface area contributed by atoms with Gasteiger partial charge in [0.05, 0.1) is 0 Å². The van der Waals surface area contributed by atoms with E-state index in [2.05, 4.69) is 10.6 Å². The molecule has 1 fully saturated rings. The van der Waals surface area contributed by atoms with Gasteiger partial charge in [0, 0.05) is 35.4 Å². The van der Waals surface area contributed by atoms with Crippen LogP contribution in [-0.2, 0) is 16.1 Å². The van der Waals surface area contributed by atoms with E-state index in [9.17, 15) is 14.4 Å². The van der Waals surface area contributed by atoms with E-state index < -0.39 is 6.03 Å². The zero-order chi connectivity index (χ0) is 20.5. The Hall–Kier alpha value is -3.87. The molecule has 4 rings (SSSR count). The summed E-state index contributed by atoms with van der Waals surface area (Å²) in [5.41, 5.74) is 3.64. The number of likely N-dealkylation sites (N-methyl/N-ethyl adjacent to an activating group) is 1. The van der Waals surface area contributed by atoms with E-state index in [1.165, 1.54) is 7.05 Å². The highest BCUT2D eigenvalue weighted by Crippen LogP contribution is 2.24. The summed E-state index contributed by atoms with van der Waals surface area (Å²) in [5, 5.41) is 6.36. The first kappa shape index (κ1) is 18.5. The van der Waals surface area contributed by atoms with Gasteiger partial charge in [0.25, 0.3) is 5.91 Å². The van der Waals surface area contributed by atoms with Crippen molar-refractivity contribution in [2.45, 2.75) is 13.5 Å². The standard InChI is InChI=1S/C22H20N4O3/c1-14-6-5-7-16(10-14)23-20(27)13-26-12-15(17-8-3-4-9-19(17)26)11-18-21(28)25(2)22(29)24-18/h3-12H,13H2,1-2H3,(H,23,27)(H,24,29)/b18-11+. The number of amides is 4. The molecular weight excluding hydrogens is 368 g/mol. The third-order valence-corrected chi connectivity index (χ3v) is 4.82. The van der Waals surface area contributed by atoms with Gasteiger partial charge in [-0.1, -0.05) is 30.3 Å². The molecule has 1 aromatic heterocycles. The number of aromatic nitrogens is 1. The lowest BCUT2D eigenvalue weighted by molar-refractivity contribution is -0.122. The van der Waals surface area contributed by atoms with Gasteiger partial charge in [0.2, 0.25) is 5.91 Å². The Morgan fingerprint density at radius 3 is 2.66 bits per heavy atom. The minimum Gasteiger partial charge on any atom is -0.337 e. The number of nitrogens with one attached hydrogen (secondary N) is 2. The first-order chi connectivity index (χ1) is 13.9. The second-order valence-corrected chi connectivity index (χ2v) is 7.00. The van der Waals surface area contributed by atoms with Crippen LogP contribution in [0.15, 0.2) is 60.4 Å². The fraction of sp³-hybridized carbons (Fsp3) is 0.136. The lowest BCUT2D eigenvalue weighted by atomic mass is 10.1. The van der Waals surface area contributed by atoms with Crippen LogP contribution in [0.2, 0.25) is 0 Å². The highest BCUT2D eigenvalue weighted by atomic mass is 16.2. The van der Waals surface area contributed by atoms with E-state index >= 15 is 0 Å². The molecular formula is C22H20N4O3. The molecule has 7 heteroatoms. The van der Waals surface area contributed by atoms with Gasteiger partial charge in [0.15, 0.2) is 0 Å². The lowest BCUT2D eigenvalue weighted by Crippen LogP contribution is -2.25. The van der Waals surface area contributed by atoms with Gasteiger partial charge in [-0.05, 0) is 36.8 Å². The molecule has 2 aromatic carbocycles. The quantitative estimate of drug-likeness (QED) is 0.532. The second-order valence-electron chi connectivity index (χ2n) is 7.00. The van der Waals surface area contributed by atoms with Crippen molar-refractivity contribution in [1.29, 1.82) is 0 Å². The molecule has 7 nitrogen and oxygen atoms in total. The zero-order valence-electron chi connectivity index (χ0n) is 16.1. The largest absolute Gasteiger partial charge is 0.337 e. The van der Waals surface area contributed by atoms with E-state index in [4.69, 9.17) is 0 Å². The molecule has 146 valence electrons. The number of imide groups is 1. The van der Waals surface area contributed by atoms with E-state index in [1.54, 1.807) is 6.08 Å². The number of rotatable bonds is 4. The number of benzene rings is 2. The Bertz CT molecular complexity index is 1180. The van der Waals surface area contributed by atoms with Gasteiger partial charge in [-0.2, -0.15) is 0 Å². The van der Waals surface area contributed by atoms with Crippen LogP contribution in [-0.4, -0.2) is 34.4 Å². The van der Waals surface area contributed by atoms with Crippen molar-refractivity contribution in [1.82, 2.24) is 14.8 Å². The molecule has 29 heavy (non-hydrogen) atoms. The summed E-state index contributed by atoms with van der Waals surface area (Å²) in [5.74, 6) is -0.537. The molecule has 0 saturated carbocycles. The molecule has 2 N–H and O–H groups in total. The number of urea groups is 1. The zero-order valence-corrected chi connectivity index (χ0v) is 16.1. The Labute approximate surface area is 167 Å². The van der Waals surface area contributed by atoms with Crippen molar-refractivity contribution in [3.63, 3.8) is 0 Å². The topological polar surface area (TPSA) is 83.4 Å². The van der Waals surface area contributed by atoms with Gasteiger partial charge in [0.1, 0.15) is 12.2 Å². The molecule has 0 unspecified atom stereocenters. The smallest absolute Gasteiger partial charge is 0.328 e. The van der Waals surface area contributed by atoms with Crippen molar-refractivity contribution >= 4 is 40.5 Å². The van der Waals surface area contributed by atoms with Crippen LogP contribution in [0, 0.1) is 6.92 Å². The van der Waals surface area contributed by atoms with Gasteiger partial charge in [-0.3, -0.25) is 14.5 Å². The molecule has 4 amide bonds. The fourth-order valence-electron chi connectivity index (χ4n) is 3.38. The number of para-hydroxylation sites is 1. The van der Waals surface area contributed by atoms with Crippen LogP contribution in [0.4, 0.5) is 10.5 Å². The Balaban J connectivity index is 1.63. The number of aryl methyl sites for hydroxylation is 1. The van der Waals surface area contributed by atoms with E-state index in [1.807, 2.05) is 66.2 Å². The summed E-state index contributed by atoms with van der Waals surface area (Å²) in [6.45, 7) is 2.09. The van der Waals surface area contributed by atoms with Crippen LogP contribution in [0.25, 0.3) is 17.0 Å². The summed E-state index contributed by atoms with van der Waals surface area (Å²) in [6.07, 6.45) is 3.45. The predicted octanol–water partition coefficient (Wildman–Crippen LogP) is 3.11. The molecule has 0 aliphatic carbocycles. The second kappa shape index (κ2) is 7.27. The maximum atomic E-state index is 12.6. The molecule has 0 bridgehead atoms. The Morgan fingerprint density at radius 1 is 1.14 bits per heavy atom. The summed E-state index contributed by atoms with van der Waals surface area (Å²) in [4.78, 5) is 37.5. The van der Waals surface area contributed by atoms with Crippen molar-refractivity contribution in [3.8, 4) is 0 Å². The molecule has 0 spiro atoms. The van der Waals surface area contributed by atoms with Gasteiger partial charge in [-0.25, -0.2) is 4.79 Å². The first-order valence-electron chi connectivity index (χ1n) is 9.17. The number of hydrogen-bond donors (Lipinski definition) is 2. The van der Waals surface area contributed by atoms with Crippen LogP contribution in [0.5, 0.6) is 0 Å². The minimum atomic E-state index is -0.456. The Kier molecular flexibility index (Phi) is 4.64. The van der Waals surface area contributed by atoms with Crippen LogP contribution in [0.3, 0.4) is 0 Å². The number of carbonyl (C=O) groups excluding carboxylic acids is 3. The molecule has 0 atom stereocenters. The third kappa shape index (κ3) is 3.62. The SMILES string of the molecule is Cc1cccc(NC(=O)Cn2cc(/C=C3/NC(=O)N(C)C3=O)c3ccccc32)c1. The number of hydrogen-bond acceptors (Lipinski definition) is 3. The third-order valence-electron chi connectivity index (χ3n) is 4.82. The number of anilines is 1. The van der Waals surface area contributed by atoms with Crippen molar-refractivity contribution in [2.24, 2.45) is 0 Å². The van der Waals surface area contributed by atoms with Crippen molar-refractivity contribution < 1.29 is 14.4 Å². The Morgan fingerprint density at radius 2 is 1.93 bits per heavy atom. The normalized spacial score (nSPS) is 15.2. The summed E-state index contributed by atoms with van der Waals surface area (Å²) >= 11 is 0. The highest BCUT2D eigenvalue weighted by molar-refractivity contribution is 6.14. The average molecular weight is 388 g/mol. The maximum absolute atomic E-state index is 12.6. The highest BCUT2D eigenvalue weighted by Gasteiger charge is 2.30. The van der Waals surface area contributed by atoms with E-state index in [0.29, 0.717) is 0 Å². The lowest BCUT2D eigenvalue weighted by Gasteiger charge is -2.08. The number of carbonyl (C=O) groups is 3.